The number of aromatic amines is 2. The molecule has 3 aromatic heterocycles. The molecule has 11 heteroatoms. The Kier molecular flexibility index (Phi) is 6.44. The number of aromatic nitrogens is 6. The van der Waals surface area contributed by atoms with Gasteiger partial charge in [0.2, 0.25) is 0 Å². The quantitative estimate of drug-likeness (QED) is 0.286. The Hall–Kier alpha value is -3.99. The maximum Gasteiger partial charge on any atom is 0.179 e. The van der Waals surface area contributed by atoms with E-state index >= 15 is 0 Å². The van der Waals surface area contributed by atoms with Gasteiger partial charge in [-0.3, -0.25) is 10.00 Å². The van der Waals surface area contributed by atoms with E-state index in [1.54, 1.807) is 19.5 Å². The number of nitrogens with one attached hydrogen (secondary N) is 3. The fourth-order valence-electron chi connectivity index (χ4n) is 4.35. The number of anilines is 2. The molecule has 5 aromatic rings. The zero-order valence-electron chi connectivity index (χ0n) is 20.2. The van der Waals surface area contributed by atoms with Gasteiger partial charge < -0.3 is 19.8 Å². The Balaban J connectivity index is 1.28. The number of benzene rings is 2. The van der Waals surface area contributed by atoms with Crippen molar-refractivity contribution in [3.8, 4) is 28.7 Å². The molecule has 37 heavy (non-hydrogen) atoms. The third-order valence-corrected chi connectivity index (χ3v) is 6.47. The lowest BCUT2D eigenvalue weighted by Crippen LogP contribution is -2.35. The number of hydrogen-bond acceptors (Lipinski definition) is 8. The van der Waals surface area contributed by atoms with Crippen LogP contribution in [-0.4, -0.2) is 68.4 Å². The molecule has 188 valence electrons. The van der Waals surface area contributed by atoms with E-state index in [1.807, 2.05) is 24.3 Å². The van der Waals surface area contributed by atoms with Crippen molar-refractivity contribution in [2.45, 2.75) is 6.54 Å². The molecule has 1 aliphatic rings. The summed E-state index contributed by atoms with van der Waals surface area (Å²) in [7, 11) is 1.58. The Morgan fingerprint density at radius 3 is 2.86 bits per heavy atom. The minimum Gasteiger partial charge on any atom is -0.491 e. The second kappa shape index (κ2) is 10.2. The SMILES string of the molecule is COc1cnc(-c2cccc(Cl)c2)nc1Nc1c[nH]nc1-c1nc2cc(CN3CCOCC3)ccc2[nH]1. The van der Waals surface area contributed by atoms with Crippen molar-refractivity contribution in [1.82, 2.24) is 35.0 Å². The number of morpholine rings is 1. The Bertz CT molecular complexity index is 1540. The monoisotopic (exact) mass is 516 g/mol. The average molecular weight is 517 g/mol. The molecule has 10 nitrogen and oxygen atoms in total. The average Bonchev–Trinajstić information content (AvgIpc) is 3.55. The fraction of sp³-hybridized carbons (Fsp3) is 0.231. The van der Waals surface area contributed by atoms with Crippen molar-refractivity contribution in [3.63, 3.8) is 0 Å². The van der Waals surface area contributed by atoms with Crippen molar-refractivity contribution < 1.29 is 9.47 Å². The number of fused-ring (bicyclic) bond motifs is 1. The minimum absolute atomic E-state index is 0.496. The molecule has 1 fully saturated rings. The van der Waals surface area contributed by atoms with E-state index in [1.165, 1.54) is 5.56 Å². The normalized spacial score (nSPS) is 14.2. The van der Waals surface area contributed by atoms with Crippen molar-refractivity contribution in [3.05, 3.63) is 65.4 Å². The molecule has 3 N–H and O–H groups in total. The lowest BCUT2D eigenvalue weighted by atomic mass is 10.2. The topological polar surface area (TPSA) is 117 Å². The molecule has 1 aliphatic heterocycles. The first-order chi connectivity index (χ1) is 18.2. The molecule has 0 spiro atoms. The summed E-state index contributed by atoms with van der Waals surface area (Å²) in [6.07, 6.45) is 3.38. The van der Waals surface area contributed by atoms with Gasteiger partial charge in [0, 0.05) is 36.4 Å². The summed E-state index contributed by atoms with van der Waals surface area (Å²) in [5, 5.41) is 11.3. The maximum absolute atomic E-state index is 6.16. The van der Waals surface area contributed by atoms with Crippen LogP contribution in [0.25, 0.3) is 33.9 Å². The first kappa shape index (κ1) is 23.4. The van der Waals surface area contributed by atoms with E-state index in [0.29, 0.717) is 39.6 Å². The van der Waals surface area contributed by atoms with Crippen LogP contribution in [0.3, 0.4) is 0 Å². The van der Waals surface area contributed by atoms with Gasteiger partial charge in [0.15, 0.2) is 28.9 Å². The van der Waals surface area contributed by atoms with Gasteiger partial charge in [0.1, 0.15) is 0 Å². The highest BCUT2D eigenvalue weighted by atomic mass is 35.5. The number of nitrogens with zero attached hydrogens (tertiary/aromatic N) is 5. The van der Waals surface area contributed by atoms with Crippen LogP contribution < -0.4 is 10.1 Å². The van der Waals surface area contributed by atoms with Crippen LogP contribution in [0.2, 0.25) is 5.02 Å². The van der Waals surface area contributed by atoms with Crippen LogP contribution in [-0.2, 0) is 11.3 Å². The number of hydrogen-bond donors (Lipinski definition) is 3. The maximum atomic E-state index is 6.16. The zero-order chi connectivity index (χ0) is 25.2. The highest BCUT2D eigenvalue weighted by Gasteiger charge is 2.18. The Morgan fingerprint density at radius 1 is 1.14 bits per heavy atom. The van der Waals surface area contributed by atoms with Crippen LogP contribution in [0, 0.1) is 0 Å². The van der Waals surface area contributed by atoms with E-state index in [4.69, 9.17) is 26.1 Å². The van der Waals surface area contributed by atoms with Gasteiger partial charge in [-0.15, -0.1) is 0 Å². The van der Waals surface area contributed by atoms with Gasteiger partial charge in [-0.25, -0.2) is 15.0 Å². The molecule has 0 saturated carbocycles. The summed E-state index contributed by atoms with van der Waals surface area (Å²) in [6, 6.07) is 13.7. The highest BCUT2D eigenvalue weighted by molar-refractivity contribution is 6.30. The van der Waals surface area contributed by atoms with Crippen molar-refractivity contribution in [2.75, 3.05) is 38.7 Å². The molecular formula is C26H25ClN8O2. The van der Waals surface area contributed by atoms with Gasteiger partial charge in [0.05, 0.1) is 43.2 Å². The Labute approximate surface area is 218 Å². The molecule has 0 radical (unpaired) electrons. The van der Waals surface area contributed by atoms with E-state index in [9.17, 15) is 0 Å². The van der Waals surface area contributed by atoms with E-state index < -0.39 is 0 Å². The number of halogens is 1. The molecule has 2 aromatic carbocycles. The molecule has 1 saturated heterocycles. The molecule has 0 amide bonds. The predicted molar refractivity (Wildman–Crippen MR) is 142 cm³/mol. The lowest BCUT2D eigenvalue weighted by molar-refractivity contribution is 0.0342. The third-order valence-electron chi connectivity index (χ3n) is 6.23. The first-order valence-electron chi connectivity index (χ1n) is 11.9. The van der Waals surface area contributed by atoms with Gasteiger partial charge in [-0.05, 0) is 29.8 Å². The predicted octanol–water partition coefficient (Wildman–Crippen LogP) is 4.65. The van der Waals surface area contributed by atoms with Crippen LogP contribution in [0.5, 0.6) is 5.75 Å². The van der Waals surface area contributed by atoms with Gasteiger partial charge >= 0.3 is 0 Å². The lowest BCUT2D eigenvalue weighted by Gasteiger charge is -2.26. The summed E-state index contributed by atoms with van der Waals surface area (Å²) < 4.78 is 11.0. The van der Waals surface area contributed by atoms with E-state index in [0.717, 1.165) is 49.4 Å². The smallest absolute Gasteiger partial charge is 0.179 e. The summed E-state index contributed by atoms with van der Waals surface area (Å²) in [5.74, 6) is 2.16. The summed E-state index contributed by atoms with van der Waals surface area (Å²) in [5.41, 5.74) is 5.18. The van der Waals surface area contributed by atoms with E-state index in [2.05, 4.69) is 53.6 Å². The van der Waals surface area contributed by atoms with Crippen molar-refractivity contribution in [1.29, 1.82) is 0 Å². The number of rotatable bonds is 7. The first-order valence-corrected chi connectivity index (χ1v) is 12.3. The fourth-order valence-corrected chi connectivity index (χ4v) is 4.54. The second-order valence-corrected chi connectivity index (χ2v) is 9.16. The molecule has 0 atom stereocenters. The minimum atomic E-state index is 0.496. The Morgan fingerprint density at radius 2 is 2.03 bits per heavy atom. The number of imidazole rings is 1. The molecule has 4 heterocycles. The summed E-state index contributed by atoms with van der Waals surface area (Å²) >= 11 is 6.16. The third kappa shape index (κ3) is 4.99. The van der Waals surface area contributed by atoms with Gasteiger partial charge in [-0.2, -0.15) is 5.10 Å². The van der Waals surface area contributed by atoms with Gasteiger partial charge in [0.25, 0.3) is 0 Å². The zero-order valence-corrected chi connectivity index (χ0v) is 20.9. The number of ether oxygens (including phenoxy) is 2. The number of H-pyrrole nitrogens is 2. The van der Waals surface area contributed by atoms with Crippen LogP contribution in [0.1, 0.15) is 5.56 Å². The van der Waals surface area contributed by atoms with E-state index in [-0.39, 0.29) is 0 Å². The highest BCUT2D eigenvalue weighted by Crippen LogP contribution is 2.32. The van der Waals surface area contributed by atoms with Crippen LogP contribution in [0.15, 0.2) is 54.9 Å². The van der Waals surface area contributed by atoms with Crippen LogP contribution in [0.4, 0.5) is 11.5 Å². The number of methoxy groups -OCH3 is 1. The van der Waals surface area contributed by atoms with Crippen molar-refractivity contribution in [2.24, 2.45) is 0 Å². The molecule has 0 unspecified atom stereocenters. The molecule has 6 rings (SSSR count). The summed E-state index contributed by atoms with van der Waals surface area (Å²) in [6.45, 7) is 4.32. The van der Waals surface area contributed by atoms with Crippen LogP contribution >= 0.6 is 11.6 Å². The summed E-state index contributed by atoms with van der Waals surface area (Å²) in [4.78, 5) is 19.7. The van der Waals surface area contributed by atoms with Gasteiger partial charge in [-0.1, -0.05) is 29.8 Å². The largest absolute Gasteiger partial charge is 0.491 e. The van der Waals surface area contributed by atoms with Crippen molar-refractivity contribution >= 4 is 34.1 Å². The second-order valence-electron chi connectivity index (χ2n) is 8.72. The molecular weight excluding hydrogens is 492 g/mol. The molecule has 0 bridgehead atoms. The molecule has 0 aliphatic carbocycles. The standard InChI is InChI=1S/C26H25ClN8O2/c1-36-22-14-28-24(17-3-2-4-18(27)12-17)33-25(22)32-21-13-29-34-23(21)26-30-19-6-5-16(11-20(19)31-26)15-35-7-9-37-10-8-35/h2-6,11-14H,7-10,15H2,1H3,(H,29,34)(H,30,31)(H,28,32,33).